The minimum Gasteiger partial charge on any atom is -0.396 e. The van der Waals surface area contributed by atoms with Gasteiger partial charge in [0.25, 0.3) is 0 Å². The molecule has 1 amide bonds. The molecule has 0 aliphatic carbocycles. The summed E-state index contributed by atoms with van der Waals surface area (Å²) in [7, 11) is 0. The number of nitrogen functional groups attached to an aromatic ring is 1. The van der Waals surface area contributed by atoms with Gasteiger partial charge in [-0.05, 0) is 25.0 Å². The molecule has 0 atom stereocenters. The Hall–Kier alpha value is -2.22. The summed E-state index contributed by atoms with van der Waals surface area (Å²) in [6.07, 6.45) is 1.98. The number of benzene rings is 1. The van der Waals surface area contributed by atoms with Crippen molar-refractivity contribution in [1.82, 2.24) is 0 Å². The highest BCUT2D eigenvalue weighted by Gasteiger charge is 2.03. The lowest BCUT2D eigenvalue weighted by molar-refractivity contribution is -0.118. The second-order valence-electron chi connectivity index (χ2n) is 3.73. The fraction of sp³-hybridized carbons (Fsp3) is 0.333. The summed E-state index contributed by atoms with van der Waals surface area (Å²) >= 11 is 0. The molecule has 0 fully saturated rings. The Labute approximate surface area is 100 Å². The average molecular weight is 232 g/mol. The number of hydrogen-bond acceptors (Lipinski definition) is 4. The van der Waals surface area contributed by atoms with E-state index in [0.29, 0.717) is 24.2 Å². The monoisotopic (exact) mass is 232 g/mol. The number of carbonyl (C=O) groups excluding carboxylic acids is 1. The van der Waals surface area contributed by atoms with Gasteiger partial charge in [0, 0.05) is 13.0 Å². The van der Waals surface area contributed by atoms with Crippen LogP contribution in [0.25, 0.3) is 0 Å². The van der Waals surface area contributed by atoms with Crippen molar-refractivity contribution in [2.45, 2.75) is 19.3 Å². The van der Waals surface area contributed by atoms with Crippen LogP contribution in [-0.4, -0.2) is 12.5 Å². The maximum atomic E-state index is 10.5. The smallest absolute Gasteiger partial charge is 0.217 e. The molecule has 0 radical (unpaired) electrons. The zero-order chi connectivity index (χ0) is 12.7. The van der Waals surface area contributed by atoms with E-state index in [1.165, 1.54) is 0 Å². The van der Waals surface area contributed by atoms with Gasteiger partial charge in [-0.3, -0.25) is 4.79 Å². The molecule has 0 bridgehead atoms. The molecule has 5 nitrogen and oxygen atoms in total. The fourth-order valence-electron chi connectivity index (χ4n) is 1.46. The Morgan fingerprint density at radius 2 is 2.18 bits per heavy atom. The highest BCUT2D eigenvalue weighted by Crippen LogP contribution is 2.21. The van der Waals surface area contributed by atoms with E-state index < -0.39 is 0 Å². The van der Waals surface area contributed by atoms with Gasteiger partial charge in [-0.25, -0.2) is 0 Å². The number of nitriles is 1. The summed E-state index contributed by atoms with van der Waals surface area (Å²) in [4.78, 5) is 10.5. The molecular formula is C12H16N4O. The van der Waals surface area contributed by atoms with Gasteiger partial charge in [-0.1, -0.05) is 6.07 Å². The molecule has 1 rings (SSSR count). The molecule has 0 saturated heterocycles. The van der Waals surface area contributed by atoms with Crippen LogP contribution in [0.1, 0.15) is 24.8 Å². The number of rotatable bonds is 6. The Morgan fingerprint density at radius 1 is 1.41 bits per heavy atom. The second kappa shape index (κ2) is 6.38. The maximum absolute atomic E-state index is 10.5. The minimum absolute atomic E-state index is 0.281. The molecular weight excluding hydrogens is 216 g/mol. The molecule has 0 aliphatic rings. The lowest BCUT2D eigenvalue weighted by Gasteiger charge is -2.09. The van der Waals surface area contributed by atoms with E-state index in [-0.39, 0.29) is 5.91 Å². The summed E-state index contributed by atoms with van der Waals surface area (Å²) in [5, 5.41) is 11.9. The minimum atomic E-state index is -0.281. The molecule has 90 valence electrons. The molecule has 0 spiro atoms. The number of anilines is 2. The first kappa shape index (κ1) is 12.8. The van der Waals surface area contributed by atoms with E-state index in [1.54, 1.807) is 12.1 Å². The zero-order valence-corrected chi connectivity index (χ0v) is 9.57. The van der Waals surface area contributed by atoms with Crippen LogP contribution in [0.2, 0.25) is 0 Å². The molecule has 5 N–H and O–H groups in total. The number of para-hydroxylation sites is 1. The Balaban J connectivity index is 2.42. The van der Waals surface area contributed by atoms with Gasteiger partial charge in [0.1, 0.15) is 6.07 Å². The summed E-state index contributed by atoms with van der Waals surface area (Å²) in [6.45, 7) is 0.701. The number of amides is 1. The fourth-order valence-corrected chi connectivity index (χ4v) is 1.46. The standard InChI is InChI=1S/C12H16N4O/c13-8-9-4-3-5-10(12(9)15)16-7-2-1-6-11(14)17/h3-5,16H,1-2,6-7,15H2,(H2,14,17). The lowest BCUT2D eigenvalue weighted by Crippen LogP contribution is -2.11. The summed E-state index contributed by atoms with van der Waals surface area (Å²) < 4.78 is 0. The third-order valence-electron chi connectivity index (χ3n) is 2.39. The quantitative estimate of drug-likeness (QED) is 0.506. The van der Waals surface area contributed by atoms with E-state index in [9.17, 15) is 4.79 Å². The molecule has 0 saturated carbocycles. The number of unbranched alkanes of at least 4 members (excludes halogenated alkanes) is 1. The third-order valence-corrected chi connectivity index (χ3v) is 2.39. The first-order chi connectivity index (χ1) is 8.15. The second-order valence-corrected chi connectivity index (χ2v) is 3.73. The number of nitrogens with zero attached hydrogens (tertiary/aromatic N) is 1. The summed E-state index contributed by atoms with van der Waals surface area (Å²) in [5.74, 6) is -0.281. The number of carbonyl (C=O) groups is 1. The highest BCUT2D eigenvalue weighted by atomic mass is 16.1. The number of hydrogen-bond donors (Lipinski definition) is 3. The maximum Gasteiger partial charge on any atom is 0.217 e. The molecule has 0 aliphatic heterocycles. The van der Waals surface area contributed by atoms with E-state index in [0.717, 1.165) is 18.5 Å². The average Bonchev–Trinajstić information content (AvgIpc) is 2.30. The topological polar surface area (TPSA) is 105 Å². The molecule has 1 aromatic carbocycles. The van der Waals surface area contributed by atoms with E-state index in [4.69, 9.17) is 16.7 Å². The van der Waals surface area contributed by atoms with Crippen molar-refractivity contribution in [2.24, 2.45) is 5.73 Å². The van der Waals surface area contributed by atoms with Crippen molar-refractivity contribution in [3.63, 3.8) is 0 Å². The van der Waals surface area contributed by atoms with Crippen LogP contribution in [0.5, 0.6) is 0 Å². The van der Waals surface area contributed by atoms with Crippen LogP contribution in [0, 0.1) is 11.3 Å². The first-order valence-electron chi connectivity index (χ1n) is 5.46. The van der Waals surface area contributed by atoms with Crippen molar-refractivity contribution in [1.29, 1.82) is 5.26 Å². The van der Waals surface area contributed by atoms with Gasteiger partial charge in [-0.2, -0.15) is 5.26 Å². The Kier molecular flexibility index (Phi) is 4.82. The predicted molar refractivity (Wildman–Crippen MR) is 67.1 cm³/mol. The molecule has 0 unspecified atom stereocenters. The lowest BCUT2D eigenvalue weighted by atomic mass is 10.1. The van der Waals surface area contributed by atoms with E-state index in [2.05, 4.69) is 5.32 Å². The van der Waals surface area contributed by atoms with Gasteiger partial charge in [-0.15, -0.1) is 0 Å². The normalized spacial score (nSPS) is 9.59. The van der Waals surface area contributed by atoms with Crippen molar-refractivity contribution in [2.75, 3.05) is 17.6 Å². The van der Waals surface area contributed by atoms with Gasteiger partial charge in [0.15, 0.2) is 0 Å². The van der Waals surface area contributed by atoms with Gasteiger partial charge in [0.05, 0.1) is 16.9 Å². The predicted octanol–water partition coefficient (Wildman–Crippen LogP) is 1.21. The van der Waals surface area contributed by atoms with E-state index in [1.807, 2.05) is 12.1 Å². The number of primary amides is 1. The Morgan fingerprint density at radius 3 is 2.82 bits per heavy atom. The van der Waals surface area contributed by atoms with E-state index >= 15 is 0 Å². The molecule has 0 aromatic heterocycles. The van der Waals surface area contributed by atoms with Crippen LogP contribution < -0.4 is 16.8 Å². The molecule has 0 heterocycles. The van der Waals surface area contributed by atoms with Crippen LogP contribution in [0.4, 0.5) is 11.4 Å². The largest absolute Gasteiger partial charge is 0.396 e. The van der Waals surface area contributed by atoms with Gasteiger partial charge < -0.3 is 16.8 Å². The van der Waals surface area contributed by atoms with Crippen molar-refractivity contribution in [3.05, 3.63) is 23.8 Å². The molecule has 17 heavy (non-hydrogen) atoms. The molecule has 5 heteroatoms. The number of nitrogens with two attached hydrogens (primary N) is 2. The third kappa shape index (κ3) is 4.03. The van der Waals surface area contributed by atoms with Crippen LogP contribution in [0.3, 0.4) is 0 Å². The van der Waals surface area contributed by atoms with Gasteiger partial charge in [0.2, 0.25) is 5.91 Å². The zero-order valence-electron chi connectivity index (χ0n) is 9.57. The van der Waals surface area contributed by atoms with Crippen LogP contribution in [0.15, 0.2) is 18.2 Å². The van der Waals surface area contributed by atoms with Crippen molar-refractivity contribution >= 4 is 17.3 Å². The SMILES string of the molecule is N#Cc1cccc(NCCCCC(N)=O)c1N. The number of nitrogens with one attached hydrogen (secondary N) is 1. The highest BCUT2D eigenvalue weighted by molar-refractivity contribution is 5.74. The van der Waals surface area contributed by atoms with Crippen molar-refractivity contribution in [3.8, 4) is 6.07 Å². The van der Waals surface area contributed by atoms with Gasteiger partial charge >= 0.3 is 0 Å². The molecule has 1 aromatic rings. The summed E-state index contributed by atoms with van der Waals surface area (Å²) in [6, 6.07) is 7.30. The van der Waals surface area contributed by atoms with Crippen LogP contribution >= 0.6 is 0 Å². The summed E-state index contributed by atoms with van der Waals surface area (Å²) in [5.41, 5.74) is 12.5. The van der Waals surface area contributed by atoms with Crippen molar-refractivity contribution < 1.29 is 4.79 Å². The Bertz CT molecular complexity index is 437. The first-order valence-corrected chi connectivity index (χ1v) is 5.46. The van der Waals surface area contributed by atoms with Crippen LogP contribution in [-0.2, 0) is 4.79 Å².